The zero-order valence-corrected chi connectivity index (χ0v) is 34.1. The van der Waals surface area contributed by atoms with Crippen molar-refractivity contribution >= 4 is 35.3 Å². The first-order chi connectivity index (χ1) is 25.5. The molecule has 6 fully saturated rings. The summed E-state index contributed by atoms with van der Waals surface area (Å²) in [6.07, 6.45) is 12.7. The molecule has 12 heteroatoms. The molecule has 0 aromatic rings. The molecule has 4 saturated carbocycles. The first-order valence-electron chi connectivity index (χ1n) is 21.3. The van der Waals surface area contributed by atoms with Crippen molar-refractivity contribution in [1.82, 2.24) is 31.1 Å². The molecule has 2 aliphatic heterocycles. The van der Waals surface area contributed by atoms with Crippen LogP contribution < -0.4 is 21.3 Å². The Morgan fingerprint density at radius 2 is 1.44 bits per heavy atom. The van der Waals surface area contributed by atoms with Crippen LogP contribution in [0.3, 0.4) is 0 Å². The van der Waals surface area contributed by atoms with Crippen molar-refractivity contribution in [2.45, 2.75) is 181 Å². The Morgan fingerprint density at radius 3 is 2.00 bits per heavy atom. The van der Waals surface area contributed by atoms with Gasteiger partial charge >= 0.3 is 0 Å². The highest BCUT2D eigenvalue weighted by Gasteiger charge is 2.85. The summed E-state index contributed by atoms with van der Waals surface area (Å²) in [4.78, 5) is 87.7. The average molecular weight is 753 g/mol. The zero-order chi connectivity index (χ0) is 39.2. The smallest absolute Gasteiger partial charge is 0.289 e. The van der Waals surface area contributed by atoms with Crippen molar-refractivity contribution in [3.8, 4) is 0 Å². The van der Waals surface area contributed by atoms with Crippen LogP contribution in [0.15, 0.2) is 0 Å². The number of hydrogen-bond donors (Lipinski definition) is 4. The lowest BCUT2D eigenvalue weighted by atomic mass is 9.73. The van der Waals surface area contributed by atoms with Gasteiger partial charge in [-0.05, 0) is 99.5 Å². The number of carbonyl (C=O) groups excluding carboxylic acids is 6. The minimum Gasteiger partial charge on any atom is -0.347 e. The summed E-state index contributed by atoms with van der Waals surface area (Å²) in [5.41, 5.74) is -1.02. The Hall–Kier alpha value is -3.02. The standard InChI is InChI=1S/C42H68N6O6/c1-8-15-28(32(49)37(53)43-27-19-20-27)44-35(51)30-24-42(40(6,7)41(42)21-14-22-41)25-48(30)38(54)33(39(3,4)5)46-36(52)31(26-16-11-10-12-17-26)45-34(50)29-18-13-23-47(29)9-2/h26-31,33H,8-25H2,1-7H3,(H,43,53)(H,44,51)(H,45,50)(H,46,52)/t28-,29-,30-,31-,33+,42+/m0/s1. The molecule has 2 spiro atoms. The molecule has 0 aromatic heterocycles. The van der Waals surface area contributed by atoms with Gasteiger partial charge in [0.25, 0.3) is 5.91 Å². The molecule has 0 aromatic carbocycles. The van der Waals surface area contributed by atoms with E-state index in [-0.39, 0.29) is 52.0 Å². The van der Waals surface area contributed by atoms with Crippen molar-refractivity contribution in [3.05, 3.63) is 0 Å². The van der Waals surface area contributed by atoms with E-state index < -0.39 is 47.2 Å². The second-order valence-corrected chi connectivity index (χ2v) is 19.3. The molecule has 0 bridgehead atoms. The van der Waals surface area contributed by atoms with Crippen LogP contribution in [0, 0.1) is 27.6 Å². The van der Waals surface area contributed by atoms with E-state index in [0.29, 0.717) is 25.8 Å². The summed E-state index contributed by atoms with van der Waals surface area (Å²) in [5.74, 6) is -2.57. The van der Waals surface area contributed by atoms with Gasteiger partial charge in [-0.15, -0.1) is 0 Å². The van der Waals surface area contributed by atoms with Crippen molar-refractivity contribution in [1.29, 1.82) is 0 Å². The number of nitrogens with one attached hydrogen (secondary N) is 4. The number of likely N-dealkylation sites (N-methyl/N-ethyl adjacent to an activating group) is 1. The van der Waals surface area contributed by atoms with Crippen LogP contribution in [0.2, 0.25) is 0 Å². The maximum Gasteiger partial charge on any atom is 0.289 e. The highest BCUT2D eigenvalue weighted by Crippen LogP contribution is 2.88. The summed E-state index contributed by atoms with van der Waals surface area (Å²) in [5, 5.41) is 12.0. The van der Waals surface area contributed by atoms with Gasteiger partial charge in [0.05, 0.1) is 12.1 Å². The number of Topliss-reactive ketones (excluding diaryl/α,β-unsaturated/α-hetero) is 1. The largest absolute Gasteiger partial charge is 0.347 e. The zero-order valence-electron chi connectivity index (χ0n) is 34.1. The summed E-state index contributed by atoms with van der Waals surface area (Å²) in [7, 11) is 0. The average Bonchev–Trinajstić information content (AvgIpc) is 3.79. The van der Waals surface area contributed by atoms with Gasteiger partial charge in [0.2, 0.25) is 29.4 Å². The Morgan fingerprint density at radius 1 is 0.778 bits per heavy atom. The number of nitrogens with zero attached hydrogens (tertiary/aromatic N) is 2. The van der Waals surface area contributed by atoms with Crippen LogP contribution in [-0.2, 0) is 28.8 Å². The molecule has 0 unspecified atom stereocenters. The van der Waals surface area contributed by atoms with Crippen LogP contribution in [0.1, 0.15) is 145 Å². The molecule has 12 nitrogen and oxygen atoms in total. The van der Waals surface area contributed by atoms with Crippen LogP contribution >= 0.6 is 0 Å². The molecule has 302 valence electrons. The molecule has 4 N–H and O–H groups in total. The third kappa shape index (κ3) is 7.34. The van der Waals surface area contributed by atoms with Crippen molar-refractivity contribution in [2.24, 2.45) is 27.6 Å². The van der Waals surface area contributed by atoms with Gasteiger partial charge in [-0.25, -0.2) is 0 Å². The molecule has 54 heavy (non-hydrogen) atoms. The summed E-state index contributed by atoms with van der Waals surface area (Å²) in [6, 6.07) is -3.81. The summed E-state index contributed by atoms with van der Waals surface area (Å²) < 4.78 is 0. The molecule has 6 aliphatic rings. The van der Waals surface area contributed by atoms with Crippen LogP contribution in [0.5, 0.6) is 0 Å². The van der Waals surface area contributed by atoms with Gasteiger partial charge in [0.15, 0.2) is 0 Å². The van der Waals surface area contributed by atoms with Gasteiger partial charge in [0, 0.05) is 18.0 Å². The predicted molar refractivity (Wildman–Crippen MR) is 206 cm³/mol. The number of amides is 5. The molecule has 5 amide bonds. The molecule has 2 heterocycles. The number of likely N-dealkylation sites (tertiary alicyclic amines) is 2. The van der Waals surface area contributed by atoms with Gasteiger partial charge < -0.3 is 26.2 Å². The van der Waals surface area contributed by atoms with Gasteiger partial charge in [-0.3, -0.25) is 33.7 Å². The number of fused-ring (bicyclic) bond motifs is 1. The van der Waals surface area contributed by atoms with E-state index in [0.717, 1.165) is 90.1 Å². The fourth-order valence-electron chi connectivity index (χ4n) is 11.2. The molecule has 2 saturated heterocycles. The summed E-state index contributed by atoms with van der Waals surface area (Å²) in [6.45, 7) is 16.3. The van der Waals surface area contributed by atoms with Crippen molar-refractivity contribution in [3.63, 3.8) is 0 Å². The Kier molecular flexibility index (Phi) is 11.7. The van der Waals surface area contributed by atoms with Crippen molar-refractivity contribution < 1.29 is 28.8 Å². The Labute approximate surface area is 322 Å². The molecule has 6 rings (SSSR count). The lowest BCUT2D eigenvalue weighted by Crippen LogP contribution is -2.62. The van der Waals surface area contributed by atoms with Crippen LogP contribution in [0.25, 0.3) is 0 Å². The highest BCUT2D eigenvalue weighted by molar-refractivity contribution is 6.38. The second kappa shape index (κ2) is 15.5. The third-order valence-electron chi connectivity index (χ3n) is 14.9. The SMILES string of the molecule is CCC[C@H](NC(=O)[C@@H]1C[C@@]2(CN1C(=O)[C@@H](NC(=O)[C@@H](NC(=O)[C@@H]1CCCN1CC)C1CCCCC1)C(C)(C)C)C(C)(C)C21CCC1)C(=O)C(=O)NC1CC1. The molecular formula is C42H68N6O6. The number of rotatable bonds is 14. The van der Waals surface area contributed by atoms with Crippen molar-refractivity contribution in [2.75, 3.05) is 19.6 Å². The molecular weight excluding hydrogens is 684 g/mol. The normalized spacial score (nSPS) is 29.2. The van der Waals surface area contributed by atoms with E-state index in [1.807, 2.05) is 27.7 Å². The van der Waals surface area contributed by atoms with E-state index in [2.05, 4.69) is 46.9 Å². The van der Waals surface area contributed by atoms with Gasteiger partial charge in [-0.1, -0.05) is 80.6 Å². The molecule has 0 radical (unpaired) electrons. The number of carbonyl (C=O) groups is 6. The van der Waals surface area contributed by atoms with E-state index in [9.17, 15) is 24.0 Å². The maximum absolute atomic E-state index is 15.1. The highest BCUT2D eigenvalue weighted by atomic mass is 16.2. The second-order valence-electron chi connectivity index (χ2n) is 19.3. The summed E-state index contributed by atoms with van der Waals surface area (Å²) >= 11 is 0. The van der Waals surface area contributed by atoms with E-state index in [4.69, 9.17) is 0 Å². The quantitative estimate of drug-likeness (QED) is 0.196. The number of ketones is 1. The Balaban J connectivity index is 1.25. The lowest BCUT2D eigenvalue weighted by molar-refractivity contribution is -0.145. The van der Waals surface area contributed by atoms with E-state index >= 15 is 4.79 Å². The topological polar surface area (TPSA) is 157 Å². The fraction of sp³-hybridized carbons (Fsp3) is 0.857. The fourth-order valence-corrected chi connectivity index (χ4v) is 11.2. The monoisotopic (exact) mass is 753 g/mol. The first-order valence-corrected chi connectivity index (χ1v) is 21.3. The van der Waals surface area contributed by atoms with E-state index in [1.54, 1.807) is 4.90 Å². The van der Waals surface area contributed by atoms with E-state index in [1.165, 1.54) is 0 Å². The molecule has 4 aliphatic carbocycles. The van der Waals surface area contributed by atoms with Gasteiger partial charge in [-0.2, -0.15) is 0 Å². The first kappa shape index (κ1) is 40.6. The maximum atomic E-state index is 15.1. The Bertz CT molecular complexity index is 1480. The minimum atomic E-state index is -0.985. The third-order valence-corrected chi connectivity index (χ3v) is 14.9. The number of hydrogen-bond acceptors (Lipinski definition) is 7. The minimum absolute atomic E-state index is 0.0160. The lowest BCUT2D eigenvalue weighted by Gasteiger charge is -2.38. The van der Waals surface area contributed by atoms with Crippen LogP contribution in [-0.4, -0.2) is 101 Å². The van der Waals surface area contributed by atoms with Crippen LogP contribution in [0.4, 0.5) is 0 Å². The molecule has 6 atom stereocenters. The predicted octanol–water partition coefficient (Wildman–Crippen LogP) is 4.00. The van der Waals surface area contributed by atoms with Gasteiger partial charge in [0.1, 0.15) is 18.1 Å².